The van der Waals surface area contributed by atoms with Crippen LogP contribution in [0, 0.1) is 0 Å². The standard InChI is InChI=1S/C23H26F3NO2/c24-23(25,26)29-21-12-5-4-9-18(21)13-22(28)14-19-10-6-11-20(15-22)27(19)16-17-7-2-1-3-8-17/h1-5,7-9,12,19-20,28H,6,10-11,13-16H2. The molecule has 2 heterocycles. The van der Waals surface area contributed by atoms with Crippen molar-refractivity contribution >= 4 is 0 Å². The molecule has 6 heteroatoms. The van der Waals surface area contributed by atoms with Gasteiger partial charge >= 0.3 is 6.36 Å². The molecule has 0 aliphatic carbocycles. The smallest absolute Gasteiger partial charge is 0.406 e. The molecule has 0 saturated carbocycles. The van der Waals surface area contributed by atoms with Gasteiger partial charge < -0.3 is 9.84 Å². The molecular weight excluding hydrogens is 379 g/mol. The largest absolute Gasteiger partial charge is 0.573 e. The first-order chi connectivity index (χ1) is 13.8. The van der Waals surface area contributed by atoms with Crippen LogP contribution in [-0.4, -0.2) is 34.1 Å². The van der Waals surface area contributed by atoms with Gasteiger partial charge in [-0.15, -0.1) is 13.2 Å². The Bertz CT molecular complexity index is 810. The maximum atomic E-state index is 12.8. The average molecular weight is 405 g/mol. The first-order valence-corrected chi connectivity index (χ1v) is 10.2. The van der Waals surface area contributed by atoms with E-state index in [-0.39, 0.29) is 24.3 Å². The van der Waals surface area contributed by atoms with Crippen LogP contribution in [0.5, 0.6) is 5.75 Å². The highest BCUT2D eigenvalue weighted by molar-refractivity contribution is 5.35. The van der Waals surface area contributed by atoms with Gasteiger partial charge in [0.05, 0.1) is 5.60 Å². The molecule has 2 aliphatic heterocycles. The summed E-state index contributed by atoms with van der Waals surface area (Å²) >= 11 is 0. The third kappa shape index (κ3) is 4.93. The molecule has 0 spiro atoms. The van der Waals surface area contributed by atoms with Crippen LogP contribution < -0.4 is 4.74 Å². The Hall–Kier alpha value is -2.05. The van der Waals surface area contributed by atoms with Crippen molar-refractivity contribution in [2.45, 2.75) is 69.1 Å². The fourth-order valence-corrected chi connectivity index (χ4v) is 5.04. The summed E-state index contributed by atoms with van der Waals surface area (Å²) in [5.41, 5.74) is 0.634. The molecule has 2 aromatic rings. The summed E-state index contributed by atoms with van der Waals surface area (Å²) in [5.74, 6) is -0.217. The summed E-state index contributed by atoms with van der Waals surface area (Å²) < 4.78 is 42.4. The number of rotatable bonds is 5. The number of hydrogen-bond acceptors (Lipinski definition) is 3. The summed E-state index contributed by atoms with van der Waals surface area (Å²) in [6, 6.07) is 16.9. The van der Waals surface area contributed by atoms with Crippen LogP contribution in [0.25, 0.3) is 0 Å². The van der Waals surface area contributed by atoms with E-state index in [4.69, 9.17) is 0 Å². The van der Waals surface area contributed by atoms with Gasteiger partial charge in [-0.3, -0.25) is 4.90 Å². The topological polar surface area (TPSA) is 32.7 Å². The van der Waals surface area contributed by atoms with Crippen molar-refractivity contribution in [3.8, 4) is 5.75 Å². The molecular formula is C23H26F3NO2. The number of nitrogens with zero attached hydrogens (tertiary/aromatic N) is 1. The molecule has 29 heavy (non-hydrogen) atoms. The van der Waals surface area contributed by atoms with Crippen LogP contribution in [-0.2, 0) is 13.0 Å². The van der Waals surface area contributed by atoms with Crippen molar-refractivity contribution in [2.75, 3.05) is 0 Å². The Labute approximate surface area is 169 Å². The second-order valence-electron chi connectivity index (χ2n) is 8.36. The van der Waals surface area contributed by atoms with Crippen molar-refractivity contribution in [1.82, 2.24) is 4.90 Å². The van der Waals surface area contributed by atoms with E-state index in [9.17, 15) is 18.3 Å². The third-order valence-electron chi connectivity index (χ3n) is 6.17. The minimum Gasteiger partial charge on any atom is -0.406 e. The molecule has 2 saturated heterocycles. The van der Waals surface area contributed by atoms with Gasteiger partial charge in [-0.25, -0.2) is 0 Å². The number of benzene rings is 2. The highest BCUT2D eigenvalue weighted by atomic mass is 19.4. The molecule has 0 amide bonds. The number of piperidine rings is 2. The van der Waals surface area contributed by atoms with Gasteiger partial charge in [-0.05, 0) is 42.9 Å². The van der Waals surface area contributed by atoms with Crippen LogP contribution in [0.1, 0.15) is 43.2 Å². The number of para-hydroxylation sites is 1. The van der Waals surface area contributed by atoms with E-state index in [1.165, 1.54) is 17.7 Å². The zero-order valence-electron chi connectivity index (χ0n) is 16.2. The van der Waals surface area contributed by atoms with Gasteiger partial charge in [0, 0.05) is 25.0 Å². The lowest BCUT2D eigenvalue weighted by molar-refractivity contribution is -0.275. The molecule has 4 rings (SSSR count). The summed E-state index contributed by atoms with van der Waals surface area (Å²) in [6.45, 7) is 0.847. The highest BCUT2D eigenvalue weighted by Crippen LogP contribution is 2.42. The van der Waals surface area contributed by atoms with Gasteiger partial charge in [0.25, 0.3) is 0 Å². The second-order valence-corrected chi connectivity index (χ2v) is 8.36. The molecule has 156 valence electrons. The lowest BCUT2D eigenvalue weighted by Gasteiger charge is -2.52. The van der Waals surface area contributed by atoms with Gasteiger partial charge in [-0.2, -0.15) is 0 Å². The van der Waals surface area contributed by atoms with Crippen LogP contribution in [0.15, 0.2) is 54.6 Å². The van der Waals surface area contributed by atoms with Crippen LogP contribution in [0.4, 0.5) is 13.2 Å². The summed E-state index contributed by atoms with van der Waals surface area (Å²) in [4.78, 5) is 2.48. The predicted octanol–water partition coefficient (Wildman–Crippen LogP) is 5.08. The van der Waals surface area contributed by atoms with E-state index in [0.717, 1.165) is 25.8 Å². The Morgan fingerprint density at radius 3 is 2.24 bits per heavy atom. The number of ether oxygens (including phenoxy) is 1. The molecule has 1 N–H and O–H groups in total. The maximum absolute atomic E-state index is 12.8. The maximum Gasteiger partial charge on any atom is 0.573 e. The summed E-state index contributed by atoms with van der Waals surface area (Å²) in [5, 5.41) is 11.4. The molecule has 2 aromatic carbocycles. The lowest BCUT2D eigenvalue weighted by atomic mass is 9.73. The fourth-order valence-electron chi connectivity index (χ4n) is 5.04. The third-order valence-corrected chi connectivity index (χ3v) is 6.17. The number of halogens is 3. The molecule has 2 fully saturated rings. The fraction of sp³-hybridized carbons (Fsp3) is 0.478. The minimum absolute atomic E-state index is 0.172. The second kappa shape index (κ2) is 8.00. The van der Waals surface area contributed by atoms with E-state index in [2.05, 4.69) is 21.8 Å². The number of alkyl halides is 3. The molecule has 0 radical (unpaired) electrons. The van der Waals surface area contributed by atoms with Gasteiger partial charge in [-0.1, -0.05) is 55.0 Å². The van der Waals surface area contributed by atoms with Gasteiger partial charge in [0.2, 0.25) is 0 Å². The monoisotopic (exact) mass is 405 g/mol. The minimum atomic E-state index is -4.74. The average Bonchev–Trinajstić information content (AvgIpc) is 2.64. The van der Waals surface area contributed by atoms with Crippen molar-refractivity contribution in [2.24, 2.45) is 0 Å². The summed E-state index contributed by atoms with van der Waals surface area (Å²) in [6.07, 6.45) is -0.295. The Balaban J connectivity index is 1.51. The van der Waals surface area contributed by atoms with E-state index in [1.807, 2.05) is 18.2 Å². The molecule has 2 aliphatic rings. The summed E-state index contributed by atoms with van der Waals surface area (Å²) in [7, 11) is 0. The first-order valence-electron chi connectivity index (χ1n) is 10.2. The quantitative estimate of drug-likeness (QED) is 0.753. The van der Waals surface area contributed by atoms with E-state index < -0.39 is 12.0 Å². The van der Waals surface area contributed by atoms with Crippen molar-refractivity contribution in [3.05, 3.63) is 65.7 Å². The van der Waals surface area contributed by atoms with E-state index in [0.29, 0.717) is 18.4 Å². The highest BCUT2D eigenvalue weighted by Gasteiger charge is 2.45. The van der Waals surface area contributed by atoms with E-state index >= 15 is 0 Å². The van der Waals surface area contributed by atoms with Gasteiger partial charge in [0.1, 0.15) is 5.75 Å². The Morgan fingerprint density at radius 1 is 0.966 bits per heavy atom. The zero-order chi connectivity index (χ0) is 20.5. The molecule has 2 unspecified atom stereocenters. The van der Waals surface area contributed by atoms with Crippen molar-refractivity contribution in [1.29, 1.82) is 0 Å². The van der Waals surface area contributed by atoms with Crippen LogP contribution >= 0.6 is 0 Å². The molecule has 2 atom stereocenters. The molecule has 2 bridgehead atoms. The number of fused-ring (bicyclic) bond motifs is 2. The molecule has 3 nitrogen and oxygen atoms in total. The van der Waals surface area contributed by atoms with Crippen molar-refractivity contribution < 1.29 is 23.0 Å². The van der Waals surface area contributed by atoms with Gasteiger partial charge in [0.15, 0.2) is 0 Å². The molecule has 0 aromatic heterocycles. The number of aliphatic hydroxyl groups is 1. The lowest BCUT2D eigenvalue weighted by Crippen LogP contribution is -2.58. The van der Waals surface area contributed by atoms with Crippen LogP contribution in [0.3, 0.4) is 0 Å². The predicted molar refractivity (Wildman–Crippen MR) is 104 cm³/mol. The number of hydrogen-bond donors (Lipinski definition) is 1. The van der Waals surface area contributed by atoms with Crippen molar-refractivity contribution in [3.63, 3.8) is 0 Å². The first kappa shape index (κ1) is 20.2. The van der Waals surface area contributed by atoms with E-state index in [1.54, 1.807) is 12.1 Å². The Kier molecular flexibility index (Phi) is 5.58. The normalized spacial score (nSPS) is 27.6. The van der Waals surface area contributed by atoms with Crippen LogP contribution in [0.2, 0.25) is 0 Å². The SMILES string of the molecule is OC1(Cc2ccccc2OC(F)(F)F)CC2CCCC(C1)N2Cc1ccccc1. The Morgan fingerprint density at radius 2 is 1.59 bits per heavy atom. The zero-order valence-corrected chi connectivity index (χ0v) is 16.2.